The topological polar surface area (TPSA) is 77.6 Å². The standard InChI is InChI=1S/C23H23ClN6OS/c1-23(2,3)19-13-20(30(28-19)17-9-5-4-6-10-17)26-21(31)14-32-22-27-25-15-29(22)18-11-7-8-16(24)12-18/h4-13,15H,14H2,1-3H3,(H,26,31). The molecule has 0 aliphatic rings. The molecule has 0 saturated carbocycles. The lowest BCUT2D eigenvalue weighted by molar-refractivity contribution is -0.113. The van der Waals surface area contributed by atoms with Crippen molar-refractivity contribution in [3.8, 4) is 11.4 Å². The van der Waals surface area contributed by atoms with Crippen LogP contribution in [0.15, 0.2) is 72.1 Å². The first-order valence-electron chi connectivity index (χ1n) is 10.1. The molecule has 164 valence electrons. The van der Waals surface area contributed by atoms with E-state index in [1.54, 1.807) is 21.6 Å². The predicted octanol–water partition coefficient (Wildman–Crippen LogP) is 5.13. The van der Waals surface area contributed by atoms with Gasteiger partial charge in [0.1, 0.15) is 12.1 Å². The highest BCUT2D eigenvalue weighted by molar-refractivity contribution is 7.99. The summed E-state index contributed by atoms with van der Waals surface area (Å²) in [5.41, 5.74) is 2.46. The van der Waals surface area contributed by atoms with Gasteiger partial charge in [-0.05, 0) is 30.3 Å². The monoisotopic (exact) mass is 466 g/mol. The molecule has 2 heterocycles. The first-order valence-corrected chi connectivity index (χ1v) is 11.4. The Bertz CT molecular complexity index is 1230. The van der Waals surface area contributed by atoms with Crippen molar-refractivity contribution in [2.75, 3.05) is 11.1 Å². The van der Waals surface area contributed by atoms with Gasteiger partial charge in [0, 0.05) is 16.5 Å². The second kappa shape index (κ2) is 9.18. The average Bonchev–Trinajstić information content (AvgIpc) is 3.40. The zero-order chi connectivity index (χ0) is 22.7. The quantitative estimate of drug-likeness (QED) is 0.398. The summed E-state index contributed by atoms with van der Waals surface area (Å²) in [7, 11) is 0. The van der Waals surface area contributed by atoms with Crippen molar-refractivity contribution in [3.63, 3.8) is 0 Å². The Kier molecular flexibility index (Phi) is 6.34. The molecular weight excluding hydrogens is 444 g/mol. The van der Waals surface area contributed by atoms with E-state index in [1.165, 1.54) is 11.8 Å². The van der Waals surface area contributed by atoms with Crippen molar-refractivity contribution < 1.29 is 4.79 Å². The Balaban J connectivity index is 1.51. The Morgan fingerprint density at radius 2 is 1.81 bits per heavy atom. The van der Waals surface area contributed by atoms with E-state index >= 15 is 0 Å². The van der Waals surface area contributed by atoms with Gasteiger partial charge in [0.15, 0.2) is 5.16 Å². The minimum absolute atomic E-state index is 0.151. The van der Waals surface area contributed by atoms with Gasteiger partial charge in [-0.15, -0.1) is 10.2 Å². The molecule has 0 radical (unpaired) electrons. The first kappa shape index (κ1) is 22.1. The van der Waals surface area contributed by atoms with Crippen LogP contribution in [0.5, 0.6) is 0 Å². The van der Waals surface area contributed by atoms with Gasteiger partial charge in [0.25, 0.3) is 0 Å². The van der Waals surface area contributed by atoms with Gasteiger partial charge in [-0.3, -0.25) is 9.36 Å². The molecule has 9 heteroatoms. The van der Waals surface area contributed by atoms with Gasteiger partial charge < -0.3 is 5.32 Å². The van der Waals surface area contributed by atoms with Gasteiger partial charge in [-0.2, -0.15) is 5.10 Å². The van der Waals surface area contributed by atoms with E-state index in [2.05, 4.69) is 36.3 Å². The average molecular weight is 467 g/mol. The maximum atomic E-state index is 12.8. The molecule has 0 fully saturated rings. The zero-order valence-electron chi connectivity index (χ0n) is 18.0. The second-order valence-corrected chi connectivity index (χ2v) is 9.59. The summed E-state index contributed by atoms with van der Waals surface area (Å²) in [4.78, 5) is 12.8. The summed E-state index contributed by atoms with van der Waals surface area (Å²) in [5.74, 6) is 0.639. The van der Waals surface area contributed by atoms with E-state index in [1.807, 2.05) is 54.6 Å². The Morgan fingerprint density at radius 1 is 1.06 bits per heavy atom. The maximum absolute atomic E-state index is 12.8. The smallest absolute Gasteiger partial charge is 0.236 e. The molecule has 0 atom stereocenters. The van der Waals surface area contributed by atoms with Gasteiger partial charge in [-0.1, -0.05) is 68.4 Å². The number of nitrogens with zero attached hydrogens (tertiary/aromatic N) is 5. The summed E-state index contributed by atoms with van der Waals surface area (Å²) in [5, 5.41) is 17.1. The minimum Gasteiger partial charge on any atom is -0.310 e. The number of hydrogen-bond donors (Lipinski definition) is 1. The fourth-order valence-electron chi connectivity index (χ4n) is 3.04. The van der Waals surface area contributed by atoms with E-state index in [0.29, 0.717) is 16.0 Å². The van der Waals surface area contributed by atoms with Crippen LogP contribution >= 0.6 is 23.4 Å². The van der Waals surface area contributed by atoms with E-state index in [0.717, 1.165) is 17.1 Å². The highest BCUT2D eigenvalue weighted by atomic mass is 35.5. The number of carbonyl (C=O) groups is 1. The van der Waals surface area contributed by atoms with Gasteiger partial charge in [-0.25, -0.2) is 4.68 Å². The van der Waals surface area contributed by atoms with Gasteiger partial charge >= 0.3 is 0 Å². The van der Waals surface area contributed by atoms with Gasteiger partial charge in [0.05, 0.1) is 22.8 Å². The minimum atomic E-state index is -0.159. The van der Waals surface area contributed by atoms with Crippen molar-refractivity contribution in [2.24, 2.45) is 0 Å². The third-order valence-electron chi connectivity index (χ3n) is 4.68. The third kappa shape index (κ3) is 5.03. The summed E-state index contributed by atoms with van der Waals surface area (Å²) in [6.07, 6.45) is 1.60. The number of hydrogen-bond acceptors (Lipinski definition) is 5. The van der Waals surface area contributed by atoms with Crippen LogP contribution in [-0.4, -0.2) is 36.2 Å². The predicted molar refractivity (Wildman–Crippen MR) is 128 cm³/mol. The number of nitrogens with one attached hydrogen (secondary N) is 1. The van der Waals surface area contributed by atoms with Crippen LogP contribution < -0.4 is 5.32 Å². The molecule has 0 aliphatic heterocycles. The Morgan fingerprint density at radius 3 is 2.53 bits per heavy atom. The number of anilines is 1. The summed E-state index contributed by atoms with van der Waals surface area (Å²) >= 11 is 7.40. The normalized spacial score (nSPS) is 11.5. The number of thioether (sulfide) groups is 1. The van der Waals surface area contributed by atoms with Crippen LogP contribution in [0.3, 0.4) is 0 Å². The summed E-state index contributed by atoms with van der Waals surface area (Å²) < 4.78 is 3.56. The fraction of sp³-hybridized carbons (Fsp3) is 0.217. The van der Waals surface area contributed by atoms with Crippen molar-refractivity contribution in [1.82, 2.24) is 24.5 Å². The lowest BCUT2D eigenvalue weighted by Crippen LogP contribution is -2.17. The molecule has 2 aromatic heterocycles. The molecule has 32 heavy (non-hydrogen) atoms. The second-order valence-electron chi connectivity index (χ2n) is 8.21. The van der Waals surface area contributed by atoms with E-state index in [-0.39, 0.29) is 17.1 Å². The van der Waals surface area contributed by atoms with Crippen molar-refractivity contribution in [1.29, 1.82) is 0 Å². The van der Waals surface area contributed by atoms with Crippen molar-refractivity contribution in [3.05, 3.63) is 77.7 Å². The van der Waals surface area contributed by atoms with E-state index in [9.17, 15) is 4.79 Å². The van der Waals surface area contributed by atoms with Crippen molar-refractivity contribution in [2.45, 2.75) is 31.3 Å². The molecule has 0 saturated heterocycles. The number of amides is 1. The molecule has 7 nitrogen and oxygen atoms in total. The molecule has 4 rings (SSSR count). The highest BCUT2D eigenvalue weighted by Gasteiger charge is 2.21. The number of benzene rings is 2. The number of halogens is 1. The molecule has 1 N–H and O–H groups in total. The largest absolute Gasteiger partial charge is 0.310 e. The molecule has 0 aliphatic carbocycles. The SMILES string of the molecule is CC(C)(C)c1cc(NC(=O)CSc2nncn2-c2cccc(Cl)c2)n(-c2ccccc2)n1. The summed E-state index contributed by atoms with van der Waals surface area (Å²) in [6.45, 7) is 6.28. The lowest BCUT2D eigenvalue weighted by atomic mass is 9.92. The maximum Gasteiger partial charge on any atom is 0.236 e. The fourth-order valence-corrected chi connectivity index (χ4v) is 3.95. The first-order chi connectivity index (χ1) is 15.3. The Labute approximate surface area is 195 Å². The molecule has 4 aromatic rings. The zero-order valence-corrected chi connectivity index (χ0v) is 19.6. The number of aromatic nitrogens is 5. The molecular formula is C23H23ClN6OS. The molecule has 1 amide bonds. The lowest BCUT2D eigenvalue weighted by Gasteiger charge is -2.14. The van der Waals surface area contributed by atoms with Gasteiger partial charge in [0.2, 0.25) is 5.91 Å². The van der Waals surface area contributed by atoms with E-state index < -0.39 is 0 Å². The van der Waals surface area contributed by atoms with Crippen molar-refractivity contribution >= 4 is 35.1 Å². The molecule has 0 unspecified atom stereocenters. The van der Waals surface area contributed by atoms with Crippen LogP contribution in [0, 0.1) is 0 Å². The number of rotatable bonds is 6. The van der Waals surface area contributed by atoms with E-state index in [4.69, 9.17) is 16.7 Å². The summed E-state index contributed by atoms with van der Waals surface area (Å²) in [6, 6.07) is 19.1. The van der Waals surface area contributed by atoms with Crippen LogP contribution in [-0.2, 0) is 10.2 Å². The van der Waals surface area contributed by atoms with Crippen LogP contribution in [0.2, 0.25) is 5.02 Å². The van der Waals surface area contributed by atoms with Crippen LogP contribution in [0.1, 0.15) is 26.5 Å². The number of para-hydroxylation sites is 1. The van der Waals surface area contributed by atoms with Crippen LogP contribution in [0.25, 0.3) is 11.4 Å². The molecule has 0 spiro atoms. The molecule has 2 aromatic carbocycles. The highest BCUT2D eigenvalue weighted by Crippen LogP contribution is 2.27. The number of carbonyl (C=O) groups excluding carboxylic acids is 1. The third-order valence-corrected chi connectivity index (χ3v) is 5.86. The molecule has 0 bridgehead atoms. The van der Waals surface area contributed by atoms with Crippen LogP contribution in [0.4, 0.5) is 5.82 Å². The Hall–Kier alpha value is -3.10.